The molecule has 0 aliphatic carbocycles. The zero-order valence-corrected chi connectivity index (χ0v) is 18.7. The molecule has 1 atom stereocenters. The van der Waals surface area contributed by atoms with Gasteiger partial charge in [0, 0.05) is 30.3 Å². The molecule has 1 N–H and O–H groups in total. The van der Waals surface area contributed by atoms with Crippen molar-refractivity contribution in [1.82, 2.24) is 0 Å². The lowest BCUT2D eigenvalue weighted by Crippen LogP contribution is -2.35. The number of hydrogen-bond acceptors (Lipinski definition) is 4. The first kappa shape index (κ1) is 22.0. The van der Waals surface area contributed by atoms with Crippen LogP contribution in [0.2, 0.25) is 0 Å². The van der Waals surface area contributed by atoms with E-state index in [1.807, 2.05) is 45.9 Å². The molecule has 0 radical (unpaired) electrons. The van der Waals surface area contributed by atoms with Gasteiger partial charge in [0.15, 0.2) is 9.84 Å². The summed E-state index contributed by atoms with van der Waals surface area (Å²) in [4.78, 5) is 26.4. The molecule has 160 valence electrons. The van der Waals surface area contributed by atoms with Gasteiger partial charge in [-0.1, -0.05) is 24.6 Å². The summed E-state index contributed by atoms with van der Waals surface area (Å²) in [5.41, 5.74) is 4.35. The Bertz CT molecular complexity index is 1090. The van der Waals surface area contributed by atoms with E-state index in [1.165, 1.54) is 6.07 Å². The van der Waals surface area contributed by atoms with Gasteiger partial charge in [-0.3, -0.25) is 9.59 Å². The van der Waals surface area contributed by atoms with Gasteiger partial charge in [0.25, 0.3) is 0 Å². The van der Waals surface area contributed by atoms with E-state index in [0.717, 1.165) is 22.4 Å². The highest BCUT2D eigenvalue weighted by molar-refractivity contribution is 7.91. The molecule has 0 bridgehead atoms. The molecule has 0 aromatic heterocycles. The van der Waals surface area contributed by atoms with E-state index in [2.05, 4.69) is 5.32 Å². The number of aryl methyl sites for hydroxylation is 2. The second kappa shape index (κ2) is 8.60. The Kier molecular flexibility index (Phi) is 6.31. The van der Waals surface area contributed by atoms with Gasteiger partial charge in [0.05, 0.1) is 10.6 Å². The predicted molar refractivity (Wildman–Crippen MR) is 119 cm³/mol. The zero-order valence-electron chi connectivity index (χ0n) is 17.9. The summed E-state index contributed by atoms with van der Waals surface area (Å²) in [7, 11) is -3.61. The molecule has 6 nitrogen and oxygen atoms in total. The van der Waals surface area contributed by atoms with Crippen molar-refractivity contribution in [2.24, 2.45) is 0 Å². The number of nitrogens with zero attached hydrogens (tertiary/aromatic N) is 1. The monoisotopic (exact) mass is 428 g/mol. The molecule has 30 heavy (non-hydrogen) atoms. The van der Waals surface area contributed by atoms with Crippen molar-refractivity contribution in [3.63, 3.8) is 0 Å². The number of hydrogen-bond donors (Lipinski definition) is 1. The van der Waals surface area contributed by atoms with Gasteiger partial charge in [-0.2, -0.15) is 0 Å². The van der Waals surface area contributed by atoms with Crippen molar-refractivity contribution in [3.8, 4) is 0 Å². The van der Waals surface area contributed by atoms with Crippen molar-refractivity contribution in [2.75, 3.05) is 16.0 Å². The van der Waals surface area contributed by atoms with E-state index < -0.39 is 9.84 Å². The highest BCUT2D eigenvalue weighted by Gasteiger charge is 2.31. The number of anilines is 2. The van der Waals surface area contributed by atoms with E-state index >= 15 is 0 Å². The van der Waals surface area contributed by atoms with Crippen LogP contribution in [0, 0.1) is 13.8 Å². The number of rotatable bonds is 6. The molecule has 0 unspecified atom stereocenters. The van der Waals surface area contributed by atoms with Crippen LogP contribution in [0.25, 0.3) is 0 Å². The number of nitrogens with one attached hydrogen (secondary N) is 1. The maximum absolute atomic E-state index is 12.8. The number of fused-ring (bicyclic) bond motifs is 1. The van der Waals surface area contributed by atoms with Crippen LogP contribution in [-0.4, -0.2) is 32.0 Å². The minimum Gasteiger partial charge on any atom is -0.326 e. The van der Waals surface area contributed by atoms with E-state index in [0.29, 0.717) is 18.5 Å². The van der Waals surface area contributed by atoms with Crippen LogP contribution < -0.4 is 10.2 Å². The smallest absolute Gasteiger partial charge is 0.226 e. The van der Waals surface area contributed by atoms with Gasteiger partial charge in [-0.05, 0) is 62.6 Å². The van der Waals surface area contributed by atoms with Crippen LogP contribution in [-0.2, 0) is 25.8 Å². The molecular weight excluding hydrogens is 400 g/mol. The first-order valence-electron chi connectivity index (χ1n) is 10.2. The number of amides is 2. The molecule has 0 spiro atoms. The largest absolute Gasteiger partial charge is 0.326 e. The lowest BCUT2D eigenvalue weighted by atomic mass is 10.1. The fourth-order valence-electron chi connectivity index (χ4n) is 3.86. The van der Waals surface area contributed by atoms with E-state index in [-0.39, 0.29) is 34.9 Å². The van der Waals surface area contributed by atoms with Crippen LogP contribution in [0.1, 0.15) is 43.4 Å². The van der Waals surface area contributed by atoms with Gasteiger partial charge in [0.1, 0.15) is 0 Å². The second-order valence-corrected chi connectivity index (χ2v) is 10.0. The van der Waals surface area contributed by atoms with Gasteiger partial charge in [0.2, 0.25) is 11.8 Å². The molecule has 2 amide bonds. The fraction of sp³-hybridized carbons (Fsp3) is 0.391. The minimum absolute atomic E-state index is 0.00827. The molecule has 7 heteroatoms. The number of carbonyl (C=O) groups excluding carboxylic acids is 2. The third-order valence-electron chi connectivity index (χ3n) is 5.45. The quantitative estimate of drug-likeness (QED) is 0.759. The Balaban J connectivity index is 1.70. The van der Waals surface area contributed by atoms with Gasteiger partial charge >= 0.3 is 0 Å². The minimum atomic E-state index is -3.61. The summed E-state index contributed by atoms with van der Waals surface area (Å²) in [5, 5.41) is 2.79. The van der Waals surface area contributed by atoms with E-state index in [4.69, 9.17) is 0 Å². The van der Waals surface area contributed by atoms with Crippen molar-refractivity contribution in [1.29, 1.82) is 0 Å². The van der Waals surface area contributed by atoms with Gasteiger partial charge in [-0.15, -0.1) is 0 Å². The number of benzene rings is 2. The summed E-state index contributed by atoms with van der Waals surface area (Å²) in [6.45, 7) is 7.64. The van der Waals surface area contributed by atoms with Crippen LogP contribution >= 0.6 is 0 Å². The number of carbonyl (C=O) groups is 2. The molecule has 0 fully saturated rings. The third-order valence-corrected chi connectivity index (χ3v) is 7.16. The van der Waals surface area contributed by atoms with Gasteiger partial charge in [-0.25, -0.2) is 8.42 Å². The van der Waals surface area contributed by atoms with Crippen LogP contribution in [0.5, 0.6) is 0 Å². The zero-order chi connectivity index (χ0) is 22.1. The first-order valence-corrected chi connectivity index (χ1v) is 11.8. The highest BCUT2D eigenvalue weighted by Crippen LogP contribution is 2.34. The normalized spacial score (nSPS) is 15.7. The SMILES string of the molecule is CCC(=O)N1c2ccc(S(=O)(=O)CCC(=O)Nc3ccc(C)cc3C)cc2C[C@@H]1C. The van der Waals surface area contributed by atoms with Gasteiger partial charge < -0.3 is 10.2 Å². The molecular formula is C23H28N2O4S. The van der Waals surface area contributed by atoms with Crippen LogP contribution in [0.15, 0.2) is 41.3 Å². The van der Waals surface area contributed by atoms with Crippen LogP contribution in [0.4, 0.5) is 11.4 Å². The molecule has 1 heterocycles. The summed E-state index contributed by atoms with van der Waals surface area (Å²) in [5.74, 6) is -0.574. The second-order valence-electron chi connectivity index (χ2n) is 7.90. The maximum atomic E-state index is 12.8. The molecule has 2 aromatic rings. The Morgan fingerprint density at radius 2 is 1.87 bits per heavy atom. The average molecular weight is 429 g/mol. The molecule has 1 aliphatic heterocycles. The van der Waals surface area contributed by atoms with Crippen molar-refractivity contribution >= 4 is 33.0 Å². The fourth-order valence-corrected chi connectivity index (χ4v) is 5.15. The average Bonchev–Trinajstić information content (AvgIpc) is 3.03. The Labute approximate surface area is 178 Å². The molecule has 2 aromatic carbocycles. The van der Waals surface area contributed by atoms with Crippen molar-refractivity contribution in [3.05, 3.63) is 53.1 Å². The lowest BCUT2D eigenvalue weighted by molar-refractivity contribution is -0.118. The molecule has 0 saturated carbocycles. The molecule has 0 saturated heterocycles. The van der Waals surface area contributed by atoms with E-state index in [1.54, 1.807) is 17.0 Å². The summed E-state index contributed by atoms with van der Waals surface area (Å²) < 4.78 is 25.6. The Morgan fingerprint density at radius 1 is 1.13 bits per heavy atom. The van der Waals surface area contributed by atoms with Crippen molar-refractivity contribution in [2.45, 2.75) is 57.9 Å². The first-order chi connectivity index (χ1) is 14.1. The maximum Gasteiger partial charge on any atom is 0.226 e. The third kappa shape index (κ3) is 4.56. The number of sulfone groups is 1. The molecule has 1 aliphatic rings. The lowest BCUT2D eigenvalue weighted by Gasteiger charge is -2.22. The summed E-state index contributed by atoms with van der Waals surface area (Å²) in [6.07, 6.45) is 0.903. The van der Waals surface area contributed by atoms with Crippen molar-refractivity contribution < 1.29 is 18.0 Å². The Morgan fingerprint density at radius 3 is 2.53 bits per heavy atom. The summed E-state index contributed by atoms with van der Waals surface area (Å²) in [6, 6.07) is 10.6. The standard InChI is InChI=1S/C23H28N2O4S/c1-5-23(27)25-17(4)13-18-14-19(7-9-21(18)25)30(28,29)11-10-22(26)24-20-8-6-15(2)12-16(20)3/h6-9,12,14,17H,5,10-11,13H2,1-4H3,(H,24,26)/t17-/m0/s1. The van der Waals surface area contributed by atoms with Crippen LogP contribution in [0.3, 0.4) is 0 Å². The highest BCUT2D eigenvalue weighted by atomic mass is 32.2. The predicted octanol–water partition coefficient (Wildman–Crippen LogP) is 3.79. The topological polar surface area (TPSA) is 83.6 Å². The van der Waals surface area contributed by atoms with E-state index in [9.17, 15) is 18.0 Å². The summed E-state index contributed by atoms with van der Waals surface area (Å²) >= 11 is 0. The molecule has 3 rings (SSSR count). The Hall–Kier alpha value is -2.67.